The highest BCUT2D eigenvalue weighted by atomic mass is 19.1. The van der Waals surface area contributed by atoms with Gasteiger partial charge in [-0.25, -0.2) is 23.9 Å². The number of aliphatic carboxylic acids is 2. The van der Waals surface area contributed by atoms with Gasteiger partial charge in [0.15, 0.2) is 0 Å². The van der Waals surface area contributed by atoms with Crippen LogP contribution in [0.25, 0.3) is 0 Å². The molecule has 0 unspecified atom stereocenters. The van der Waals surface area contributed by atoms with Crippen LogP contribution in [0.2, 0.25) is 0 Å². The summed E-state index contributed by atoms with van der Waals surface area (Å²) in [5.74, 6) is 0.998. The summed E-state index contributed by atoms with van der Waals surface area (Å²) >= 11 is 0. The highest BCUT2D eigenvalue weighted by Gasteiger charge is 2.32. The minimum absolute atomic E-state index is 0.487. The Morgan fingerprint density at radius 3 is 1.90 bits per heavy atom. The van der Waals surface area contributed by atoms with Gasteiger partial charge in [0.25, 0.3) is 0 Å². The first-order valence-corrected chi connectivity index (χ1v) is 10.1. The first kappa shape index (κ1) is 21.0. The number of aromatic nitrogens is 2. The number of carboxylic acids is 2. The van der Waals surface area contributed by atoms with Crippen molar-refractivity contribution in [3.05, 3.63) is 24.0 Å². The molecule has 0 bridgehead atoms. The van der Waals surface area contributed by atoms with Gasteiger partial charge in [0.1, 0.15) is 23.6 Å². The molecular weight excluding hydrogens is 379 g/mol. The molecule has 1 aliphatic carbocycles. The summed E-state index contributed by atoms with van der Waals surface area (Å²) in [7, 11) is 0. The van der Waals surface area contributed by atoms with Crippen LogP contribution in [0.15, 0.2) is 18.2 Å². The number of nitrogens with zero attached hydrogens (tertiary/aromatic N) is 4. The van der Waals surface area contributed by atoms with E-state index in [9.17, 15) is 14.0 Å². The Bertz CT molecular complexity index is 739. The number of hydrogen-bond acceptors (Lipinski definition) is 6. The summed E-state index contributed by atoms with van der Waals surface area (Å²) in [5, 5.41) is 15.6. The van der Waals surface area contributed by atoms with E-state index in [1.165, 1.54) is 38.5 Å². The maximum Gasteiger partial charge on any atom is 0.328 e. The van der Waals surface area contributed by atoms with Crippen LogP contribution < -0.4 is 9.80 Å². The van der Waals surface area contributed by atoms with Gasteiger partial charge in [0.05, 0.1) is 13.1 Å². The Morgan fingerprint density at radius 1 is 0.931 bits per heavy atom. The first-order valence-electron chi connectivity index (χ1n) is 10.1. The van der Waals surface area contributed by atoms with Crippen LogP contribution >= 0.6 is 0 Å². The molecule has 0 amide bonds. The zero-order valence-electron chi connectivity index (χ0n) is 16.3. The molecule has 3 fully saturated rings. The summed E-state index contributed by atoms with van der Waals surface area (Å²) < 4.78 is 13.1. The Morgan fingerprint density at radius 2 is 1.45 bits per heavy atom. The molecule has 0 spiro atoms. The lowest BCUT2D eigenvalue weighted by Crippen LogP contribution is -2.49. The van der Waals surface area contributed by atoms with Crippen molar-refractivity contribution in [2.45, 2.75) is 50.6 Å². The fourth-order valence-electron chi connectivity index (χ4n) is 3.34. The Labute approximate surface area is 169 Å². The van der Waals surface area contributed by atoms with E-state index in [2.05, 4.69) is 11.0 Å². The molecule has 8 nitrogen and oxygen atoms in total. The molecular formula is C20H27FN4O4. The lowest BCUT2D eigenvalue weighted by Gasteiger charge is -2.36. The van der Waals surface area contributed by atoms with Gasteiger partial charge < -0.3 is 20.0 Å². The van der Waals surface area contributed by atoms with Crippen molar-refractivity contribution < 1.29 is 24.2 Å². The van der Waals surface area contributed by atoms with Crippen LogP contribution in [0.5, 0.6) is 0 Å². The maximum atomic E-state index is 13.1. The number of rotatable bonds is 5. The summed E-state index contributed by atoms with van der Waals surface area (Å²) in [6.07, 6.45) is 7.96. The van der Waals surface area contributed by atoms with Crippen LogP contribution in [0.3, 0.4) is 0 Å². The van der Waals surface area contributed by atoms with E-state index in [1.807, 2.05) is 4.90 Å². The predicted octanol–water partition coefficient (Wildman–Crippen LogP) is 2.60. The summed E-state index contributed by atoms with van der Waals surface area (Å²) in [4.78, 5) is 33.1. The Balaban J connectivity index is 0.000000258. The second kappa shape index (κ2) is 9.67. The molecule has 1 aromatic heterocycles. The molecule has 29 heavy (non-hydrogen) atoms. The molecule has 1 saturated carbocycles. The zero-order chi connectivity index (χ0) is 20.8. The average molecular weight is 406 g/mol. The van der Waals surface area contributed by atoms with Gasteiger partial charge in [0, 0.05) is 37.2 Å². The molecule has 3 heterocycles. The minimum atomic E-state index is -1.26. The predicted molar refractivity (Wildman–Crippen MR) is 106 cm³/mol. The quantitative estimate of drug-likeness (QED) is 0.719. The van der Waals surface area contributed by atoms with Crippen molar-refractivity contribution in [2.24, 2.45) is 0 Å². The van der Waals surface area contributed by atoms with E-state index < -0.39 is 18.1 Å². The Kier molecular flexibility index (Phi) is 7.00. The van der Waals surface area contributed by atoms with Gasteiger partial charge in [-0.2, -0.15) is 0 Å². The second-order valence-electron chi connectivity index (χ2n) is 7.63. The van der Waals surface area contributed by atoms with Gasteiger partial charge in [-0.15, -0.1) is 0 Å². The van der Waals surface area contributed by atoms with Gasteiger partial charge in [-0.05, 0) is 25.7 Å². The fourth-order valence-corrected chi connectivity index (χ4v) is 3.34. The van der Waals surface area contributed by atoms with Gasteiger partial charge in [0.2, 0.25) is 0 Å². The van der Waals surface area contributed by atoms with Crippen molar-refractivity contribution in [1.82, 2.24) is 9.97 Å². The molecule has 158 valence electrons. The number of anilines is 2. The maximum absolute atomic E-state index is 13.1. The van der Waals surface area contributed by atoms with Crippen molar-refractivity contribution in [3.63, 3.8) is 0 Å². The van der Waals surface area contributed by atoms with E-state index in [-0.39, 0.29) is 0 Å². The topological polar surface area (TPSA) is 107 Å². The molecule has 4 rings (SSSR count). The van der Waals surface area contributed by atoms with Crippen molar-refractivity contribution in [1.29, 1.82) is 0 Å². The standard InChI is InChI=1S/C16H23FN4.C4H4O4/c17-13-10-21(11-13)15-9-14(18-16(19-15)12-5-6-12)20-7-3-1-2-4-8-20;5-3(6)1-2-4(7)8/h9,12-13H,1-8,10-11H2;1-2H,(H,5,6)(H,7,8)/b;2-1+. The number of hydrogen-bond donors (Lipinski definition) is 2. The summed E-state index contributed by atoms with van der Waals surface area (Å²) in [5.41, 5.74) is 0. The van der Waals surface area contributed by atoms with Crippen LogP contribution in [0.4, 0.5) is 16.0 Å². The lowest BCUT2D eigenvalue weighted by molar-refractivity contribution is -0.134. The first-order chi connectivity index (χ1) is 13.9. The van der Waals surface area contributed by atoms with Gasteiger partial charge in [-0.3, -0.25) is 0 Å². The number of alkyl halides is 1. The van der Waals surface area contributed by atoms with Crippen LogP contribution in [0, 0.1) is 0 Å². The largest absolute Gasteiger partial charge is 0.478 e. The van der Waals surface area contributed by atoms with Gasteiger partial charge in [-0.1, -0.05) is 12.8 Å². The molecule has 1 aromatic rings. The molecule has 0 atom stereocenters. The lowest BCUT2D eigenvalue weighted by atomic mass is 10.2. The van der Waals surface area contributed by atoms with E-state index in [0.717, 1.165) is 30.5 Å². The van der Waals surface area contributed by atoms with Crippen LogP contribution in [-0.2, 0) is 9.59 Å². The molecule has 3 aliphatic rings. The highest BCUT2D eigenvalue weighted by Crippen LogP contribution is 2.40. The molecule has 9 heteroatoms. The van der Waals surface area contributed by atoms with E-state index >= 15 is 0 Å². The summed E-state index contributed by atoms with van der Waals surface area (Å²) in [6.45, 7) is 3.15. The SMILES string of the molecule is FC1CN(c2cc(N3CCCCCC3)nc(C3CC3)n2)C1.O=C(O)/C=C/C(=O)O. The van der Waals surface area contributed by atoms with Crippen LogP contribution in [-0.4, -0.2) is 64.5 Å². The highest BCUT2D eigenvalue weighted by molar-refractivity contribution is 5.89. The third-order valence-electron chi connectivity index (χ3n) is 5.12. The fraction of sp³-hybridized carbons (Fsp3) is 0.600. The van der Waals surface area contributed by atoms with Crippen molar-refractivity contribution >= 4 is 23.6 Å². The molecule has 2 saturated heterocycles. The van der Waals surface area contributed by atoms with Gasteiger partial charge >= 0.3 is 11.9 Å². The zero-order valence-corrected chi connectivity index (χ0v) is 16.3. The molecule has 2 N–H and O–H groups in total. The third-order valence-corrected chi connectivity index (χ3v) is 5.12. The molecule has 0 aromatic carbocycles. The second-order valence-corrected chi connectivity index (χ2v) is 7.63. The third kappa shape index (κ3) is 6.40. The van der Waals surface area contributed by atoms with E-state index in [4.69, 9.17) is 20.2 Å². The van der Waals surface area contributed by atoms with E-state index in [1.54, 1.807) is 0 Å². The smallest absolute Gasteiger partial charge is 0.328 e. The molecule has 0 radical (unpaired) electrons. The molecule has 2 aliphatic heterocycles. The number of halogens is 1. The monoisotopic (exact) mass is 406 g/mol. The number of carbonyl (C=O) groups is 2. The normalized spacial score (nSPS) is 19.9. The minimum Gasteiger partial charge on any atom is -0.478 e. The van der Waals surface area contributed by atoms with Crippen molar-refractivity contribution in [3.8, 4) is 0 Å². The Hall–Kier alpha value is -2.71. The van der Waals surface area contributed by atoms with Crippen LogP contribution in [0.1, 0.15) is 50.3 Å². The van der Waals surface area contributed by atoms with E-state index in [0.29, 0.717) is 31.2 Å². The van der Waals surface area contributed by atoms with Crippen molar-refractivity contribution in [2.75, 3.05) is 36.0 Å². The average Bonchev–Trinajstić information content (AvgIpc) is 3.51. The number of carboxylic acid groups (broad SMARTS) is 2. The summed E-state index contributed by atoms with van der Waals surface area (Å²) in [6, 6.07) is 2.07.